The number of halogens is 1. The van der Waals surface area contributed by atoms with Crippen LogP contribution in [0.15, 0.2) is 72.0 Å². The molecule has 3 aromatic rings. The summed E-state index contributed by atoms with van der Waals surface area (Å²) < 4.78 is 2.06. The first kappa shape index (κ1) is 14.0. The molecule has 1 atom stereocenters. The zero-order chi connectivity index (χ0) is 15.6. The molecule has 0 saturated heterocycles. The van der Waals surface area contributed by atoms with Crippen molar-refractivity contribution >= 4 is 17.8 Å². The highest BCUT2D eigenvalue weighted by Crippen LogP contribution is 2.27. The van der Waals surface area contributed by atoms with E-state index in [0.717, 1.165) is 17.0 Å². The molecule has 1 aliphatic rings. The van der Waals surface area contributed by atoms with Crippen LogP contribution in [-0.2, 0) is 6.54 Å². The van der Waals surface area contributed by atoms with Crippen molar-refractivity contribution in [3.63, 3.8) is 0 Å². The Balaban J connectivity index is 1.72. The average molecular weight is 323 g/mol. The average Bonchev–Trinajstić information content (AvgIpc) is 3.03. The third-order valence-corrected chi connectivity index (χ3v) is 4.22. The Bertz CT molecular complexity index is 827. The van der Waals surface area contributed by atoms with E-state index in [0.29, 0.717) is 6.54 Å². The maximum Gasteiger partial charge on any atom is 0.211 e. The van der Waals surface area contributed by atoms with Crippen molar-refractivity contribution in [3.05, 3.63) is 78.4 Å². The van der Waals surface area contributed by atoms with E-state index in [1.165, 1.54) is 5.56 Å². The Morgan fingerprint density at radius 3 is 2.61 bits per heavy atom. The molecule has 4 nitrogen and oxygen atoms in total. The first-order chi connectivity index (χ1) is 11.3. The van der Waals surface area contributed by atoms with Gasteiger partial charge in [0, 0.05) is 18.0 Å². The first-order valence-electron chi connectivity index (χ1n) is 7.44. The number of rotatable bonds is 3. The highest BCUT2D eigenvalue weighted by molar-refractivity contribution is 6.22. The van der Waals surface area contributed by atoms with Crippen LogP contribution in [0, 0.1) is 0 Å². The number of aliphatic imine (C=N–C) groups is 1. The second-order valence-corrected chi connectivity index (χ2v) is 5.72. The minimum absolute atomic E-state index is 0.444. The lowest BCUT2D eigenvalue weighted by atomic mass is 10.1. The summed E-state index contributed by atoms with van der Waals surface area (Å²) in [6, 6.07) is 18.3. The summed E-state index contributed by atoms with van der Waals surface area (Å²) in [6.45, 7) is 0.599. The second-order valence-electron chi connectivity index (χ2n) is 5.33. The number of aromatic nitrogens is 2. The topological polar surface area (TPSA) is 33.4 Å². The minimum atomic E-state index is -0.444. The lowest BCUT2D eigenvalue weighted by molar-refractivity contribution is 0.544. The predicted octanol–water partition coefficient (Wildman–Crippen LogP) is 3.64. The molecule has 0 saturated carbocycles. The van der Waals surface area contributed by atoms with Gasteiger partial charge in [-0.25, -0.2) is 4.99 Å². The lowest BCUT2D eigenvalue weighted by Gasteiger charge is -2.32. The molecule has 0 amide bonds. The fraction of sp³-hybridized carbons (Fsp3) is 0.111. The fourth-order valence-corrected chi connectivity index (χ4v) is 2.99. The highest BCUT2D eigenvalue weighted by Gasteiger charge is 2.23. The molecule has 4 rings (SSSR count). The molecule has 0 radical (unpaired) electrons. The van der Waals surface area contributed by atoms with Gasteiger partial charge in [-0.15, -0.1) is 0 Å². The van der Waals surface area contributed by atoms with Gasteiger partial charge in [-0.3, -0.25) is 14.7 Å². The Hall–Kier alpha value is -2.59. The minimum Gasteiger partial charge on any atom is -0.269 e. The predicted molar refractivity (Wildman–Crippen MR) is 93.3 cm³/mol. The quantitative estimate of drug-likeness (QED) is 0.545. The van der Waals surface area contributed by atoms with Crippen molar-refractivity contribution in [2.24, 2.45) is 4.99 Å². The molecule has 2 aromatic heterocycles. The molecule has 0 N–H and O–H groups in total. The highest BCUT2D eigenvalue weighted by atomic mass is 35.5. The van der Waals surface area contributed by atoms with Crippen LogP contribution in [0.25, 0.3) is 11.1 Å². The first-order valence-corrected chi connectivity index (χ1v) is 7.87. The largest absolute Gasteiger partial charge is 0.269 e. The number of hydrogen-bond donors (Lipinski definition) is 0. The van der Waals surface area contributed by atoms with E-state index in [1.54, 1.807) is 6.20 Å². The SMILES string of the molecule is ClC1N=Cc2c(-c3ccccc3)ccn2N1Cc1ccccn1. The van der Waals surface area contributed by atoms with Gasteiger partial charge in [0.05, 0.1) is 24.1 Å². The molecular formula is C18H15ClN4. The van der Waals surface area contributed by atoms with Gasteiger partial charge < -0.3 is 0 Å². The van der Waals surface area contributed by atoms with Crippen LogP contribution in [0.3, 0.4) is 0 Å². The summed E-state index contributed by atoms with van der Waals surface area (Å²) in [6.07, 6.45) is 5.66. The lowest BCUT2D eigenvalue weighted by Crippen LogP contribution is -2.42. The van der Waals surface area contributed by atoms with Crippen LogP contribution in [0.1, 0.15) is 11.4 Å². The van der Waals surface area contributed by atoms with E-state index in [1.807, 2.05) is 53.8 Å². The summed E-state index contributed by atoms with van der Waals surface area (Å²) in [5.74, 6) is 0. The maximum absolute atomic E-state index is 6.39. The maximum atomic E-state index is 6.39. The van der Waals surface area contributed by atoms with Gasteiger partial charge in [-0.05, 0) is 23.8 Å². The number of hydrogen-bond acceptors (Lipinski definition) is 3. The molecule has 5 heteroatoms. The third kappa shape index (κ3) is 2.62. The summed E-state index contributed by atoms with van der Waals surface area (Å²) in [5.41, 5.74) is 3.85. The van der Waals surface area contributed by atoms with Gasteiger partial charge in [-0.2, -0.15) is 0 Å². The van der Waals surface area contributed by atoms with Crippen LogP contribution in [0.5, 0.6) is 0 Å². The summed E-state index contributed by atoms with van der Waals surface area (Å²) in [5, 5.41) is 1.99. The number of nitrogens with zero attached hydrogens (tertiary/aromatic N) is 4. The normalized spacial score (nSPS) is 16.4. The van der Waals surface area contributed by atoms with Crippen molar-refractivity contribution in [2.45, 2.75) is 12.2 Å². The number of benzene rings is 1. The molecule has 23 heavy (non-hydrogen) atoms. The molecule has 1 aromatic carbocycles. The van der Waals surface area contributed by atoms with Gasteiger partial charge >= 0.3 is 0 Å². The molecule has 0 spiro atoms. The smallest absolute Gasteiger partial charge is 0.211 e. The zero-order valence-electron chi connectivity index (χ0n) is 12.4. The zero-order valence-corrected chi connectivity index (χ0v) is 13.1. The van der Waals surface area contributed by atoms with E-state index in [-0.39, 0.29) is 0 Å². The standard InChI is InChI=1S/C18H15ClN4/c19-18-21-12-17-16(14-6-2-1-3-7-14)9-11-22(17)23(18)13-15-8-4-5-10-20-15/h1-12,18H,13H2. The van der Waals surface area contributed by atoms with Crippen molar-refractivity contribution in [3.8, 4) is 11.1 Å². The monoisotopic (exact) mass is 322 g/mol. The summed E-state index contributed by atoms with van der Waals surface area (Å²) >= 11 is 6.39. The van der Waals surface area contributed by atoms with Crippen molar-refractivity contribution in [1.82, 2.24) is 9.66 Å². The Kier molecular flexibility index (Phi) is 3.60. The summed E-state index contributed by atoms with van der Waals surface area (Å²) in [4.78, 5) is 8.80. The van der Waals surface area contributed by atoms with E-state index in [9.17, 15) is 0 Å². The van der Waals surface area contributed by atoms with Crippen LogP contribution in [0.4, 0.5) is 0 Å². The van der Waals surface area contributed by atoms with Crippen LogP contribution < -0.4 is 5.01 Å². The van der Waals surface area contributed by atoms with Crippen LogP contribution >= 0.6 is 11.6 Å². The second kappa shape index (κ2) is 5.89. The molecule has 0 aliphatic carbocycles. The number of pyridine rings is 1. The Labute approximate surface area is 139 Å². The van der Waals surface area contributed by atoms with Crippen molar-refractivity contribution in [2.75, 3.05) is 5.01 Å². The van der Waals surface area contributed by atoms with Gasteiger partial charge in [0.25, 0.3) is 0 Å². The van der Waals surface area contributed by atoms with Gasteiger partial charge in [0.1, 0.15) is 0 Å². The van der Waals surface area contributed by atoms with E-state index in [4.69, 9.17) is 11.6 Å². The van der Waals surface area contributed by atoms with Gasteiger partial charge in [0.2, 0.25) is 5.62 Å². The molecule has 0 fully saturated rings. The molecule has 114 valence electrons. The molecule has 0 bridgehead atoms. The van der Waals surface area contributed by atoms with Crippen molar-refractivity contribution in [1.29, 1.82) is 0 Å². The van der Waals surface area contributed by atoms with Gasteiger partial charge in [0.15, 0.2) is 0 Å². The molecular weight excluding hydrogens is 308 g/mol. The molecule has 1 unspecified atom stereocenters. The molecule has 3 heterocycles. The number of fused-ring (bicyclic) bond motifs is 1. The van der Waals surface area contributed by atoms with Gasteiger partial charge in [-0.1, -0.05) is 48.0 Å². The molecule has 1 aliphatic heterocycles. The fourth-order valence-electron chi connectivity index (χ4n) is 2.77. The van der Waals surface area contributed by atoms with Crippen LogP contribution in [-0.4, -0.2) is 21.5 Å². The van der Waals surface area contributed by atoms with Crippen LogP contribution in [0.2, 0.25) is 0 Å². The van der Waals surface area contributed by atoms with Crippen molar-refractivity contribution < 1.29 is 0 Å². The Morgan fingerprint density at radius 2 is 1.83 bits per heavy atom. The van der Waals surface area contributed by atoms with E-state index in [2.05, 4.69) is 32.9 Å². The Morgan fingerprint density at radius 1 is 1.00 bits per heavy atom. The summed E-state index contributed by atoms with van der Waals surface area (Å²) in [7, 11) is 0. The third-order valence-electron chi connectivity index (χ3n) is 3.88. The number of alkyl halides is 1. The van der Waals surface area contributed by atoms with E-state index >= 15 is 0 Å². The van der Waals surface area contributed by atoms with E-state index < -0.39 is 5.62 Å².